The number of nitrogens with zero attached hydrogens (tertiary/aromatic N) is 4. The van der Waals surface area contributed by atoms with Gasteiger partial charge in [-0.1, -0.05) is 18.2 Å². The van der Waals surface area contributed by atoms with Gasteiger partial charge in [0.15, 0.2) is 0 Å². The minimum Gasteiger partial charge on any atom is -0.357 e. The maximum atomic E-state index is 11.3. The lowest BCUT2D eigenvalue weighted by Crippen LogP contribution is -2.14. The van der Waals surface area contributed by atoms with E-state index < -0.39 is 4.92 Å². The summed E-state index contributed by atoms with van der Waals surface area (Å²) >= 11 is 0. The van der Waals surface area contributed by atoms with Gasteiger partial charge in [-0.3, -0.25) is 10.1 Å². The van der Waals surface area contributed by atoms with Gasteiger partial charge in [-0.2, -0.15) is 0 Å². The number of rotatable bonds is 4. The second-order valence-electron chi connectivity index (χ2n) is 4.49. The molecule has 0 radical (unpaired) electrons. The first-order chi connectivity index (χ1) is 9.50. The van der Waals surface area contributed by atoms with E-state index in [2.05, 4.69) is 15.3 Å². The number of hydrogen-bond donors (Lipinski definition) is 1. The highest BCUT2D eigenvalue weighted by atomic mass is 16.6. The van der Waals surface area contributed by atoms with E-state index in [0.29, 0.717) is 0 Å². The molecule has 1 N–H and O–H groups in total. The van der Waals surface area contributed by atoms with Crippen LogP contribution in [0.5, 0.6) is 0 Å². The third-order valence-corrected chi connectivity index (χ3v) is 2.81. The van der Waals surface area contributed by atoms with E-state index in [1.807, 2.05) is 31.2 Å². The Morgan fingerprint density at radius 2 is 1.95 bits per heavy atom. The van der Waals surface area contributed by atoms with Crippen LogP contribution in [-0.2, 0) is 0 Å². The lowest BCUT2D eigenvalue weighted by Gasteiger charge is -2.14. The van der Waals surface area contributed by atoms with Crippen molar-refractivity contribution < 1.29 is 4.92 Å². The summed E-state index contributed by atoms with van der Waals surface area (Å²) in [5, 5.41) is 14.3. The number of aryl methyl sites for hydroxylation is 1. The van der Waals surface area contributed by atoms with Crippen molar-refractivity contribution in [1.82, 2.24) is 9.97 Å². The summed E-state index contributed by atoms with van der Waals surface area (Å²) in [6, 6.07) is 7.52. The van der Waals surface area contributed by atoms with Crippen LogP contribution in [0.3, 0.4) is 0 Å². The van der Waals surface area contributed by atoms with Crippen LogP contribution in [0.25, 0.3) is 0 Å². The first-order valence-electron chi connectivity index (χ1n) is 6.00. The quantitative estimate of drug-likeness (QED) is 0.680. The summed E-state index contributed by atoms with van der Waals surface area (Å²) in [7, 11) is 3.40. The number of nitro groups is 1. The third kappa shape index (κ3) is 2.66. The minimum atomic E-state index is -0.476. The molecule has 0 fully saturated rings. The molecule has 0 amide bonds. The van der Waals surface area contributed by atoms with Gasteiger partial charge in [-0.05, 0) is 18.6 Å². The number of benzene rings is 1. The molecule has 7 nitrogen and oxygen atoms in total. The van der Waals surface area contributed by atoms with E-state index in [0.717, 1.165) is 11.3 Å². The summed E-state index contributed by atoms with van der Waals surface area (Å²) in [6.07, 6.45) is 1.31. The largest absolute Gasteiger partial charge is 0.357 e. The van der Waals surface area contributed by atoms with E-state index in [-0.39, 0.29) is 17.3 Å². The summed E-state index contributed by atoms with van der Waals surface area (Å²) in [5.41, 5.74) is 1.62. The SMILES string of the molecule is Cc1ccccc1Nc1ncnc(N(C)C)c1[N+](=O)[O-]. The molecular weight excluding hydrogens is 258 g/mol. The van der Waals surface area contributed by atoms with Gasteiger partial charge < -0.3 is 10.2 Å². The van der Waals surface area contributed by atoms with Crippen LogP contribution < -0.4 is 10.2 Å². The average molecular weight is 273 g/mol. The Bertz CT molecular complexity index is 642. The molecule has 1 heterocycles. The topological polar surface area (TPSA) is 84.2 Å². The van der Waals surface area contributed by atoms with Crippen molar-refractivity contribution in [1.29, 1.82) is 0 Å². The van der Waals surface area contributed by atoms with Crippen LogP contribution in [0.1, 0.15) is 5.56 Å². The van der Waals surface area contributed by atoms with Gasteiger partial charge in [0.25, 0.3) is 0 Å². The molecule has 0 spiro atoms. The van der Waals surface area contributed by atoms with Crippen LogP contribution in [-0.4, -0.2) is 29.0 Å². The highest BCUT2D eigenvalue weighted by Crippen LogP contribution is 2.32. The average Bonchev–Trinajstić information content (AvgIpc) is 2.40. The Hall–Kier alpha value is -2.70. The van der Waals surface area contributed by atoms with Crippen LogP contribution in [0.2, 0.25) is 0 Å². The van der Waals surface area contributed by atoms with E-state index in [9.17, 15) is 10.1 Å². The molecule has 0 atom stereocenters. The molecule has 0 aliphatic heterocycles. The van der Waals surface area contributed by atoms with Crippen molar-refractivity contribution in [3.05, 3.63) is 46.3 Å². The molecule has 104 valence electrons. The number of nitrogens with one attached hydrogen (secondary N) is 1. The standard InChI is InChI=1S/C13H15N5O2/c1-9-6-4-5-7-10(9)16-12-11(18(19)20)13(17(2)3)15-8-14-12/h4-8H,1-3H3,(H,14,15,16). The zero-order valence-electron chi connectivity index (χ0n) is 11.5. The molecule has 0 saturated heterocycles. The molecule has 2 rings (SSSR count). The molecule has 0 aliphatic carbocycles. The summed E-state index contributed by atoms with van der Waals surface area (Å²) in [6.45, 7) is 1.92. The fraction of sp³-hybridized carbons (Fsp3) is 0.231. The van der Waals surface area contributed by atoms with E-state index in [1.54, 1.807) is 19.0 Å². The second kappa shape index (κ2) is 5.52. The normalized spacial score (nSPS) is 10.2. The Labute approximate surface area is 116 Å². The van der Waals surface area contributed by atoms with Gasteiger partial charge in [0.1, 0.15) is 6.33 Å². The summed E-state index contributed by atoms with van der Waals surface area (Å²) in [4.78, 5) is 20.3. The molecular formula is C13H15N5O2. The highest BCUT2D eigenvalue weighted by Gasteiger charge is 2.24. The van der Waals surface area contributed by atoms with Gasteiger partial charge in [-0.15, -0.1) is 0 Å². The van der Waals surface area contributed by atoms with Gasteiger partial charge in [0.2, 0.25) is 11.6 Å². The molecule has 2 aromatic rings. The van der Waals surface area contributed by atoms with Crippen molar-refractivity contribution in [3.63, 3.8) is 0 Å². The molecule has 0 aliphatic rings. The predicted molar refractivity (Wildman–Crippen MR) is 77.5 cm³/mol. The van der Waals surface area contributed by atoms with E-state index >= 15 is 0 Å². The fourth-order valence-corrected chi connectivity index (χ4v) is 1.80. The van der Waals surface area contributed by atoms with Crippen LogP contribution in [0.4, 0.5) is 23.0 Å². The minimum absolute atomic E-state index is 0.138. The molecule has 0 bridgehead atoms. The first kappa shape index (κ1) is 13.7. The lowest BCUT2D eigenvalue weighted by atomic mass is 10.2. The van der Waals surface area contributed by atoms with Gasteiger partial charge in [0, 0.05) is 19.8 Å². The highest BCUT2D eigenvalue weighted by molar-refractivity contribution is 5.74. The van der Waals surface area contributed by atoms with Gasteiger partial charge >= 0.3 is 5.69 Å². The van der Waals surface area contributed by atoms with Crippen LogP contribution in [0.15, 0.2) is 30.6 Å². The molecule has 20 heavy (non-hydrogen) atoms. The first-order valence-corrected chi connectivity index (χ1v) is 6.00. The van der Waals surface area contributed by atoms with Crippen molar-refractivity contribution in [2.75, 3.05) is 24.3 Å². The van der Waals surface area contributed by atoms with Crippen molar-refractivity contribution in [2.24, 2.45) is 0 Å². The smallest absolute Gasteiger partial charge is 0.353 e. The Morgan fingerprint density at radius 1 is 1.25 bits per heavy atom. The third-order valence-electron chi connectivity index (χ3n) is 2.81. The molecule has 7 heteroatoms. The van der Waals surface area contributed by atoms with Gasteiger partial charge in [-0.25, -0.2) is 9.97 Å². The number of aromatic nitrogens is 2. The summed E-state index contributed by atoms with van der Waals surface area (Å²) in [5.74, 6) is 0.448. The Kier molecular flexibility index (Phi) is 3.79. The van der Waals surface area contributed by atoms with E-state index in [4.69, 9.17) is 0 Å². The molecule has 0 unspecified atom stereocenters. The molecule has 1 aromatic heterocycles. The zero-order valence-corrected chi connectivity index (χ0v) is 11.5. The van der Waals surface area contributed by atoms with Gasteiger partial charge in [0.05, 0.1) is 4.92 Å². The van der Waals surface area contributed by atoms with E-state index in [1.165, 1.54) is 6.33 Å². The number of hydrogen-bond acceptors (Lipinski definition) is 6. The lowest BCUT2D eigenvalue weighted by molar-refractivity contribution is -0.383. The van der Waals surface area contributed by atoms with Crippen molar-refractivity contribution >= 4 is 23.0 Å². The maximum Gasteiger partial charge on any atom is 0.353 e. The predicted octanol–water partition coefficient (Wildman–Crippen LogP) is 2.50. The Balaban J connectivity index is 2.49. The summed E-state index contributed by atoms with van der Waals surface area (Å²) < 4.78 is 0. The number of anilines is 3. The second-order valence-corrected chi connectivity index (χ2v) is 4.49. The monoisotopic (exact) mass is 273 g/mol. The Morgan fingerprint density at radius 3 is 2.55 bits per heavy atom. The van der Waals surface area contributed by atoms with Crippen LogP contribution in [0, 0.1) is 17.0 Å². The molecule has 0 saturated carbocycles. The zero-order chi connectivity index (χ0) is 14.7. The van der Waals surface area contributed by atoms with Crippen molar-refractivity contribution in [3.8, 4) is 0 Å². The number of para-hydroxylation sites is 1. The molecule has 1 aromatic carbocycles. The maximum absolute atomic E-state index is 11.3. The fourth-order valence-electron chi connectivity index (χ4n) is 1.80. The van der Waals surface area contributed by atoms with Crippen molar-refractivity contribution in [2.45, 2.75) is 6.92 Å². The van der Waals surface area contributed by atoms with Crippen LogP contribution >= 0.6 is 0 Å².